The van der Waals surface area contributed by atoms with Crippen molar-refractivity contribution < 1.29 is 0 Å². The number of anilines is 1. The van der Waals surface area contributed by atoms with E-state index in [2.05, 4.69) is 41.5 Å². The molecule has 2 rings (SSSR count). The molecule has 0 atom stereocenters. The van der Waals surface area contributed by atoms with Gasteiger partial charge in [0.05, 0.1) is 5.52 Å². The molecule has 2 aromatic rings. The average Bonchev–Trinajstić information content (AvgIpc) is 2.27. The van der Waals surface area contributed by atoms with Crippen LogP contribution in [0.5, 0.6) is 0 Å². The van der Waals surface area contributed by atoms with Crippen LogP contribution in [0.2, 0.25) is 0 Å². The monoisotopic (exact) mass is 200 g/mol. The zero-order chi connectivity index (χ0) is 10.8. The predicted molar refractivity (Wildman–Crippen MR) is 65.4 cm³/mol. The van der Waals surface area contributed by atoms with Crippen molar-refractivity contribution in [2.45, 2.75) is 20.3 Å². The van der Waals surface area contributed by atoms with E-state index in [-0.39, 0.29) is 0 Å². The number of nitrogens with one attached hydrogen (secondary N) is 1. The van der Waals surface area contributed by atoms with Gasteiger partial charge in [-0.2, -0.15) is 0 Å². The van der Waals surface area contributed by atoms with Crippen LogP contribution in [0.15, 0.2) is 24.3 Å². The van der Waals surface area contributed by atoms with Gasteiger partial charge in [-0.15, -0.1) is 0 Å². The van der Waals surface area contributed by atoms with E-state index < -0.39 is 0 Å². The number of benzene rings is 1. The van der Waals surface area contributed by atoms with Gasteiger partial charge in [0.25, 0.3) is 0 Å². The molecule has 1 aromatic carbocycles. The van der Waals surface area contributed by atoms with Crippen LogP contribution in [-0.2, 0) is 6.42 Å². The Morgan fingerprint density at radius 2 is 2.13 bits per heavy atom. The van der Waals surface area contributed by atoms with Crippen LogP contribution in [0, 0.1) is 6.92 Å². The lowest BCUT2D eigenvalue weighted by Crippen LogP contribution is -1.95. The second-order valence-corrected chi connectivity index (χ2v) is 3.73. The van der Waals surface area contributed by atoms with Crippen molar-refractivity contribution in [2.75, 3.05) is 12.4 Å². The first kappa shape index (κ1) is 9.97. The van der Waals surface area contributed by atoms with Crippen molar-refractivity contribution in [1.82, 2.24) is 4.98 Å². The zero-order valence-electron chi connectivity index (χ0n) is 9.46. The maximum absolute atomic E-state index is 4.62. The molecule has 0 aliphatic heterocycles. The maximum Gasteiger partial charge on any atom is 0.0757 e. The van der Waals surface area contributed by atoms with Gasteiger partial charge >= 0.3 is 0 Å². The molecule has 0 fully saturated rings. The van der Waals surface area contributed by atoms with E-state index in [9.17, 15) is 0 Å². The third-order valence-electron chi connectivity index (χ3n) is 2.70. The van der Waals surface area contributed by atoms with E-state index in [0.29, 0.717) is 0 Å². The second-order valence-electron chi connectivity index (χ2n) is 3.73. The summed E-state index contributed by atoms with van der Waals surface area (Å²) in [5.74, 6) is 0. The van der Waals surface area contributed by atoms with E-state index >= 15 is 0 Å². The van der Waals surface area contributed by atoms with Gasteiger partial charge in [0, 0.05) is 23.8 Å². The maximum atomic E-state index is 4.62. The van der Waals surface area contributed by atoms with E-state index in [0.717, 1.165) is 23.3 Å². The van der Waals surface area contributed by atoms with Gasteiger partial charge in [0.1, 0.15) is 0 Å². The molecule has 1 heterocycles. The quantitative estimate of drug-likeness (QED) is 0.805. The summed E-state index contributed by atoms with van der Waals surface area (Å²) in [6.07, 6.45) is 1.02. The lowest BCUT2D eigenvalue weighted by Gasteiger charge is -2.09. The Morgan fingerprint density at radius 1 is 1.33 bits per heavy atom. The first-order valence-corrected chi connectivity index (χ1v) is 5.33. The topological polar surface area (TPSA) is 24.9 Å². The molecule has 78 valence electrons. The van der Waals surface area contributed by atoms with Crippen molar-refractivity contribution in [3.8, 4) is 0 Å². The molecule has 0 unspecified atom stereocenters. The average molecular weight is 200 g/mol. The third-order valence-corrected chi connectivity index (χ3v) is 2.70. The van der Waals surface area contributed by atoms with Crippen LogP contribution >= 0.6 is 0 Å². The Balaban J connectivity index is 2.82. The molecule has 15 heavy (non-hydrogen) atoms. The summed E-state index contributed by atoms with van der Waals surface area (Å²) in [5.41, 5.74) is 4.66. The molecular weight excluding hydrogens is 184 g/mol. The molecule has 0 spiro atoms. The van der Waals surface area contributed by atoms with Gasteiger partial charge in [-0.3, -0.25) is 4.98 Å². The number of hydrogen-bond acceptors (Lipinski definition) is 2. The molecule has 2 heteroatoms. The minimum atomic E-state index is 1.02. The normalized spacial score (nSPS) is 10.6. The van der Waals surface area contributed by atoms with Gasteiger partial charge in [0.2, 0.25) is 0 Å². The lowest BCUT2D eigenvalue weighted by atomic mass is 10.1. The van der Waals surface area contributed by atoms with E-state index in [1.807, 2.05) is 14.0 Å². The fourth-order valence-corrected chi connectivity index (χ4v) is 1.93. The van der Waals surface area contributed by atoms with Gasteiger partial charge in [-0.05, 0) is 25.0 Å². The van der Waals surface area contributed by atoms with Gasteiger partial charge in [-0.1, -0.05) is 25.1 Å². The number of rotatable bonds is 2. The molecule has 0 radical (unpaired) electrons. The standard InChI is InChI=1S/C13H16N2/c1-4-10-6-5-7-11-12(14-3)8-9(2)15-13(10)11/h5-8H,4H2,1-3H3,(H,14,15). The number of para-hydroxylation sites is 1. The van der Waals surface area contributed by atoms with Gasteiger partial charge in [0.15, 0.2) is 0 Å². The highest BCUT2D eigenvalue weighted by atomic mass is 14.8. The van der Waals surface area contributed by atoms with E-state index in [1.165, 1.54) is 10.9 Å². The Kier molecular flexibility index (Phi) is 2.58. The number of hydrogen-bond donors (Lipinski definition) is 1. The zero-order valence-corrected chi connectivity index (χ0v) is 9.46. The highest BCUT2D eigenvalue weighted by Crippen LogP contribution is 2.25. The van der Waals surface area contributed by atoms with Crippen LogP contribution in [0.25, 0.3) is 10.9 Å². The summed E-state index contributed by atoms with van der Waals surface area (Å²) in [4.78, 5) is 4.62. The SMILES string of the molecule is CCc1cccc2c(NC)cc(C)nc12. The Labute approximate surface area is 90.3 Å². The number of aryl methyl sites for hydroxylation is 2. The number of fused-ring (bicyclic) bond motifs is 1. The Morgan fingerprint density at radius 3 is 2.80 bits per heavy atom. The third kappa shape index (κ3) is 1.67. The summed E-state index contributed by atoms with van der Waals surface area (Å²) >= 11 is 0. The van der Waals surface area contributed by atoms with Gasteiger partial charge < -0.3 is 5.32 Å². The van der Waals surface area contributed by atoms with Crippen LogP contribution in [0.4, 0.5) is 5.69 Å². The molecular formula is C13H16N2. The molecule has 0 saturated carbocycles. The van der Waals surface area contributed by atoms with Crippen molar-refractivity contribution in [3.05, 3.63) is 35.5 Å². The molecule has 1 aromatic heterocycles. The van der Waals surface area contributed by atoms with E-state index in [4.69, 9.17) is 0 Å². The molecule has 0 aliphatic carbocycles. The lowest BCUT2D eigenvalue weighted by molar-refractivity contribution is 1.13. The van der Waals surface area contributed by atoms with Crippen molar-refractivity contribution >= 4 is 16.6 Å². The largest absolute Gasteiger partial charge is 0.388 e. The summed E-state index contributed by atoms with van der Waals surface area (Å²) in [7, 11) is 1.95. The van der Waals surface area contributed by atoms with Crippen LogP contribution in [0.1, 0.15) is 18.2 Å². The minimum Gasteiger partial charge on any atom is -0.388 e. The van der Waals surface area contributed by atoms with Crippen molar-refractivity contribution in [3.63, 3.8) is 0 Å². The highest BCUT2D eigenvalue weighted by molar-refractivity contribution is 5.93. The summed E-state index contributed by atoms with van der Waals surface area (Å²) in [6, 6.07) is 8.45. The molecule has 0 aliphatic rings. The minimum absolute atomic E-state index is 1.02. The molecule has 0 amide bonds. The molecule has 0 saturated heterocycles. The number of nitrogens with zero attached hydrogens (tertiary/aromatic N) is 1. The van der Waals surface area contributed by atoms with Crippen LogP contribution in [0.3, 0.4) is 0 Å². The second kappa shape index (κ2) is 3.89. The number of aromatic nitrogens is 1. The fraction of sp³-hybridized carbons (Fsp3) is 0.308. The summed E-state index contributed by atoms with van der Waals surface area (Å²) in [6.45, 7) is 4.20. The van der Waals surface area contributed by atoms with Crippen molar-refractivity contribution in [2.24, 2.45) is 0 Å². The summed E-state index contributed by atoms with van der Waals surface area (Å²) < 4.78 is 0. The summed E-state index contributed by atoms with van der Waals surface area (Å²) in [5, 5.41) is 4.43. The van der Waals surface area contributed by atoms with E-state index in [1.54, 1.807) is 0 Å². The fourth-order valence-electron chi connectivity index (χ4n) is 1.93. The number of pyridine rings is 1. The van der Waals surface area contributed by atoms with Crippen molar-refractivity contribution in [1.29, 1.82) is 0 Å². The van der Waals surface area contributed by atoms with Gasteiger partial charge in [-0.25, -0.2) is 0 Å². The van der Waals surface area contributed by atoms with Crippen LogP contribution in [-0.4, -0.2) is 12.0 Å². The Hall–Kier alpha value is -1.57. The molecule has 1 N–H and O–H groups in total. The smallest absolute Gasteiger partial charge is 0.0757 e. The first-order valence-electron chi connectivity index (χ1n) is 5.33. The predicted octanol–water partition coefficient (Wildman–Crippen LogP) is 3.15. The highest BCUT2D eigenvalue weighted by Gasteiger charge is 2.05. The van der Waals surface area contributed by atoms with Crippen LogP contribution < -0.4 is 5.32 Å². The molecule has 2 nitrogen and oxygen atoms in total. The first-order chi connectivity index (χ1) is 7.26. The molecule has 0 bridgehead atoms. The Bertz CT molecular complexity index is 489.